The van der Waals surface area contributed by atoms with E-state index >= 15 is 0 Å². The molecule has 1 aromatic carbocycles. The fourth-order valence-corrected chi connectivity index (χ4v) is 4.04. The van der Waals surface area contributed by atoms with Crippen molar-refractivity contribution in [3.05, 3.63) is 40.3 Å². The van der Waals surface area contributed by atoms with E-state index in [1.807, 2.05) is 13.0 Å². The topological polar surface area (TPSA) is 84.8 Å². The second kappa shape index (κ2) is 7.07. The molecule has 3 aromatic rings. The van der Waals surface area contributed by atoms with E-state index in [4.69, 9.17) is 15.7 Å². The van der Waals surface area contributed by atoms with Crippen LogP contribution in [0.15, 0.2) is 29.4 Å². The standard InChI is InChI=1S/C17H16N4OS2/c1-10-11(2)24-16-14(10)15(19)20-17(21-16)23-7-6-22-13-5-3-4-12(8-13)9-18/h3-5,8H,6-7H2,1-2H3,(H2,19,20,21). The van der Waals surface area contributed by atoms with Crippen molar-refractivity contribution in [1.29, 1.82) is 5.26 Å². The number of anilines is 1. The van der Waals surface area contributed by atoms with Gasteiger partial charge in [-0.25, -0.2) is 9.97 Å². The van der Waals surface area contributed by atoms with E-state index in [1.54, 1.807) is 29.5 Å². The molecule has 2 aromatic heterocycles. The Morgan fingerprint density at radius 3 is 2.96 bits per heavy atom. The fourth-order valence-electron chi connectivity index (χ4n) is 2.27. The summed E-state index contributed by atoms with van der Waals surface area (Å²) in [5, 5.41) is 10.5. The highest BCUT2D eigenvalue weighted by atomic mass is 32.2. The average Bonchev–Trinajstić information content (AvgIpc) is 2.86. The van der Waals surface area contributed by atoms with Crippen molar-refractivity contribution in [2.75, 3.05) is 18.1 Å². The number of aryl methyl sites for hydroxylation is 2. The first-order valence-electron chi connectivity index (χ1n) is 7.37. The maximum atomic E-state index is 8.88. The number of benzene rings is 1. The van der Waals surface area contributed by atoms with Crippen LogP contribution >= 0.6 is 23.1 Å². The van der Waals surface area contributed by atoms with Crippen molar-refractivity contribution in [2.24, 2.45) is 0 Å². The highest BCUT2D eigenvalue weighted by molar-refractivity contribution is 7.99. The summed E-state index contributed by atoms with van der Waals surface area (Å²) < 4.78 is 5.66. The van der Waals surface area contributed by atoms with Gasteiger partial charge >= 0.3 is 0 Å². The predicted octanol–water partition coefficient (Wildman–Crippen LogP) is 3.93. The van der Waals surface area contributed by atoms with Crippen molar-refractivity contribution in [1.82, 2.24) is 9.97 Å². The first kappa shape index (κ1) is 16.6. The molecule has 0 spiro atoms. The Hall–Kier alpha value is -2.30. The van der Waals surface area contributed by atoms with E-state index in [-0.39, 0.29) is 0 Å². The first-order valence-corrected chi connectivity index (χ1v) is 9.17. The molecule has 2 N–H and O–H groups in total. The summed E-state index contributed by atoms with van der Waals surface area (Å²) in [5.41, 5.74) is 7.82. The molecule has 3 rings (SSSR count). The smallest absolute Gasteiger partial charge is 0.191 e. The Labute approximate surface area is 148 Å². The number of nitrogen functional groups attached to an aromatic ring is 1. The summed E-state index contributed by atoms with van der Waals surface area (Å²) >= 11 is 3.15. The van der Waals surface area contributed by atoms with Crippen LogP contribution in [-0.4, -0.2) is 22.3 Å². The molecule has 0 bridgehead atoms. The Morgan fingerprint density at radius 1 is 1.33 bits per heavy atom. The fraction of sp³-hybridized carbons (Fsp3) is 0.235. The lowest BCUT2D eigenvalue weighted by Gasteiger charge is -2.06. The molecule has 0 unspecified atom stereocenters. The van der Waals surface area contributed by atoms with E-state index in [0.717, 1.165) is 15.8 Å². The number of thiophene rings is 1. The van der Waals surface area contributed by atoms with Gasteiger partial charge in [0.05, 0.1) is 23.6 Å². The number of nitrogens with zero attached hydrogens (tertiary/aromatic N) is 3. The number of nitriles is 1. The van der Waals surface area contributed by atoms with Crippen molar-refractivity contribution in [3.8, 4) is 11.8 Å². The maximum absolute atomic E-state index is 8.88. The average molecular weight is 356 g/mol. The molecule has 5 nitrogen and oxygen atoms in total. The maximum Gasteiger partial charge on any atom is 0.191 e. The van der Waals surface area contributed by atoms with E-state index in [2.05, 4.69) is 23.0 Å². The molecular formula is C17H16N4OS2. The van der Waals surface area contributed by atoms with Crippen LogP contribution in [0.1, 0.15) is 16.0 Å². The number of rotatable bonds is 5. The Kier molecular flexibility index (Phi) is 4.88. The van der Waals surface area contributed by atoms with Crippen LogP contribution < -0.4 is 10.5 Å². The van der Waals surface area contributed by atoms with Crippen LogP contribution in [0.25, 0.3) is 10.2 Å². The monoisotopic (exact) mass is 356 g/mol. The van der Waals surface area contributed by atoms with Gasteiger partial charge < -0.3 is 10.5 Å². The lowest BCUT2D eigenvalue weighted by molar-refractivity contribution is 0.344. The number of hydrogen-bond donors (Lipinski definition) is 1. The van der Waals surface area contributed by atoms with E-state index in [1.165, 1.54) is 16.6 Å². The van der Waals surface area contributed by atoms with Gasteiger partial charge in [0.1, 0.15) is 16.4 Å². The molecule has 0 amide bonds. The Bertz CT molecular complexity index is 930. The number of fused-ring (bicyclic) bond motifs is 1. The molecule has 0 aliphatic heterocycles. The van der Waals surface area contributed by atoms with Gasteiger partial charge in [0.25, 0.3) is 0 Å². The molecule has 0 radical (unpaired) electrons. The molecule has 0 saturated carbocycles. The third-order valence-electron chi connectivity index (χ3n) is 3.58. The molecule has 0 saturated heterocycles. The van der Waals surface area contributed by atoms with Crippen LogP contribution in [0, 0.1) is 25.2 Å². The third-order valence-corrected chi connectivity index (χ3v) is 5.50. The van der Waals surface area contributed by atoms with Gasteiger partial charge in [0, 0.05) is 10.6 Å². The second-order valence-electron chi connectivity index (χ2n) is 5.19. The summed E-state index contributed by atoms with van der Waals surface area (Å²) in [6.07, 6.45) is 0. The zero-order chi connectivity index (χ0) is 17.1. The Balaban J connectivity index is 1.63. The number of hydrogen-bond acceptors (Lipinski definition) is 7. The van der Waals surface area contributed by atoms with Crippen molar-refractivity contribution >= 4 is 39.1 Å². The highest BCUT2D eigenvalue weighted by Gasteiger charge is 2.12. The molecular weight excluding hydrogens is 340 g/mol. The number of ether oxygens (including phenoxy) is 1. The minimum absolute atomic E-state index is 0.503. The van der Waals surface area contributed by atoms with Gasteiger partial charge in [0.2, 0.25) is 0 Å². The molecule has 7 heteroatoms. The quantitative estimate of drug-likeness (QED) is 0.423. The summed E-state index contributed by atoms with van der Waals surface area (Å²) in [4.78, 5) is 11.1. The third kappa shape index (κ3) is 3.45. The van der Waals surface area contributed by atoms with Gasteiger partial charge in [-0.15, -0.1) is 11.3 Å². The Morgan fingerprint density at radius 2 is 2.17 bits per heavy atom. The van der Waals surface area contributed by atoms with Crippen molar-refractivity contribution < 1.29 is 4.74 Å². The molecule has 24 heavy (non-hydrogen) atoms. The van der Waals surface area contributed by atoms with Crippen molar-refractivity contribution in [2.45, 2.75) is 19.0 Å². The van der Waals surface area contributed by atoms with E-state index in [0.29, 0.717) is 34.6 Å². The summed E-state index contributed by atoms with van der Waals surface area (Å²) in [5.74, 6) is 1.92. The van der Waals surface area contributed by atoms with E-state index in [9.17, 15) is 0 Å². The predicted molar refractivity (Wildman–Crippen MR) is 98.7 cm³/mol. The lowest BCUT2D eigenvalue weighted by Crippen LogP contribution is -2.02. The van der Waals surface area contributed by atoms with E-state index < -0.39 is 0 Å². The SMILES string of the molecule is Cc1sc2nc(SCCOc3cccc(C#N)c3)nc(N)c2c1C. The van der Waals surface area contributed by atoms with Crippen LogP contribution in [0.2, 0.25) is 0 Å². The minimum atomic E-state index is 0.503. The van der Waals surface area contributed by atoms with Gasteiger partial charge in [-0.2, -0.15) is 5.26 Å². The van der Waals surface area contributed by atoms with Crippen molar-refractivity contribution in [3.63, 3.8) is 0 Å². The summed E-state index contributed by atoms with van der Waals surface area (Å²) in [7, 11) is 0. The normalized spacial score (nSPS) is 10.7. The van der Waals surface area contributed by atoms with Gasteiger partial charge in [-0.1, -0.05) is 17.8 Å². The second-order valence-corrected chi connectivity index (χ2v) is 7.46. The number of thioether (sulfide) groups is 1. The zero-order valence-corrected chi connectivity index (χ0v) is 15.0. The lowest BCUT2D eigenvalue weighted by atomic mass is 10.2. The minimum Gasteiger partial charge on any atom is -0.493 e. The summed E-state index contributed by atoms with van der Waals surface area (Å²) in [6.45, 7) is 4.62. The first-order chi connectivity index (χ1) is 11.6. The van der Waals surface area contributed by atoms with Crippen LogP contribution in [0.3, 0.4) is 0 Å². The number of aromatic nitrogens is 2. The van der Waals surface area contributed by atoms with Gasteiger partial charge in [-0.05, 0) is 37.6 Å². The van der Waals surface area contributed by atoms with Crippen LogP contribution in [0.4, 0.5) is 5.82 Å². The molecule has 0 aliphatic rings. The highest BCUT2D eigenvalue weighted by Crippen LogP contribution is 2.33. The zero-order valence-electron chi connectivity index (χ0n) is 13.4. The summed E-state index contributed by atoms with van der Waals surface area (Å²) in [6, 6.07) is 9.21. The molecule has 2 heterocycles. The molecule has 0 fully saturated rings. The molecule has 0 atom stereocenters. The van der Waals surface area contributed by atoms with Gasteiger partial charge in [-0.3, -0.25) is 0 Å². The molecule has 122 valence electrons. The van der Waals surface area contributed by atoms with Gasteiger partial charge in [0.15, 0.2) is 5.16 Å². The van der Waals surface area contributed by atoms with Crippen LogP contribution in [-0.2, 0) is 0 Å². The molecule has 0 aliphatic carbocycles. The van der Waals surface area contributed by atoms with Crippen LogP contribution in [0.5, 0.6) is 5.75 Å². The number of nitrogens with two attached hydrogens (primary N) is 1. The largest absolute Gasteiger partial charge is 0.493 e.